The fraction of sp³-hybridized carbons (Fsp3) is 0.429. The molecular formula is C21H24N4O3S2. The quantitative estimate of drug-likeness (QED) is 0.616. The summed E-state index contributed by atoms with van der Waals surface area (Å²) in [6, 6.07) is 11.8. The van der Waals surface area contributed by atoms with Crippen molar-refractivity contribution in [3.05, 3.63) is 47.6 Å². The van der Waals surface area contributed by atoms with Crippen LogP contribution in [0, 0.1) is 0 Å². The number of piperidine rings is 1. The highest BCUT2D eigenvalue weighted by atomic mass is 32.2. The van der Waals surface area contributed by atoms with Crippen LogP contribution >= 0.6 is 11.3 Å². The molecule has 4 heterocycles. The lowest BCUT2D eigenvalue weighted by molar-refractivity contribution is 0.0730. The third kappa shape index (κ3) is 3.82. The number of aromatic nitrogens is 2. The van der Waals surface area contributed by atoms with Gasteiger partial charge in [0.05, 0.1) is 28.4 Å². The van der Waals surface area contributed by atoms with Crippen molar-refractivity contribution >= 4 is 37.4 Å². The van der Waals surface area contributed by atoms with Crippen LogP contribution in [-0.4, -0.2) is 62.1 Å². The van der Waals surface area contributed by atoms with Crippen molar-refractivity contribution in [2.24, 2.45) is 0 Å². The minimum absolute atomic E-state index is 0.243. The topological polar surface area (TPSA) is 75.6 Å². The smallest absolute Gasteiger partial charge is 0.244 e. The lowest BCUT2D eigenvalue weighted by atomic mass is 9.99. The molecule has 30 heavy (non-hydrogen) atoms. The maximum atomic E-state index is 12.8. The number of thiazole rings is 1. The number of ether oxygens (including phenoxy) is 1. The fourth-order valence-corrected chi connectivity index (χ4v) is 6.55. The second kappa shape index (κ2) is 8.22. The first kappa shape index (κ1) is 19.9. The summed E-state index contributed by atoms with van der Waals surface area (Å²) in [7, 11) is -3.51. The predicted molar refractivity (Wildman–Crippen MR) is 118 cm³/mol. The minimum atomic E-state index is -3.51. The number of hydrogen-bond acceptors (Lipinski definition) is 7. The van der Waals surface area contributed by atoms with Crippen LogP contribution in [-0.2, 0) is 14.8 Å². The van der Waals surface area contributed by atoms with Gasteiger partial charge in [0.2, 0.25) is 10.0 Å². The van der Waals surface area contributed by atoms with Crippen LogP contribution in [0.3, 0.4) is 0 Å². The van der Waals surface area contributed by atoms with E-state index in [0.717, 1.165) is 37.3 Å². The van der Waals surface area contributed by atoms with E-state index in [1.54, 1.807) is 17.4 Å². The first-order valence-corrected chi connectivity index (χ1v) is 12.5. The Morgan fingerprint density at radius 1 is 1.07 bits per heavy atom. The van der Waals surface area contributed by atoms with E-state index in [0.29, 0.717) is 32.2 Å². The van der Waals surface area contributed by atoms with E-state index < -0.39 is 10.0 Å². The average Bonchev–Trinajstić information content (AvgIpc) is 3.24. The third-order valence-corrected chi connectivity index (χ3v) is 8.81. The molecule has 0 aliphatic carbocycles. The summed E-state index contributed by atoms with van der Waals surface area (Å²) in [5, 5.41) is 1.17. The number of fused-ring (bicyclic) bond motifs is 1. The number of sulfonamides is 1. The zero-order valence-electron chi connectivity index (χ0n) is 16.6. The molecule has 3 aromatic rings. The Morgan fingerprint density at radius 2 is 1.90 bits per heavy atom. The Hall–Kier alpha value is -2.07. The molecule has 9 heteroatoms. The number of hydrogen-bond donors (Lipinski definition) is 0. The van der Waals surface area contributed by atoms with Gasteiger partial charge in [0.1, 0.15) is 10.7 Å². The van der Waals surface area contributed by atoms with E-state index in [-0.39, 0.29) is 4.90 Å². The van der Waals surface area contributed by atoms with Crippen molar-refractivity contribution in [1.29, 1.82) is 0 Å². The summed E-state index contributed by atoms with van der Waals surface area (Å²) in [5.74, 6) is 1.19. The van der Waals surface area contributed by atoms with Crippen molar-refractivity contribution in [3.63, 3.8) is 0 Å². The lowest BCUT2D eigenvalue weighted by Crippen LogP contribution is -2.40. The molecule has 158 valence electrons. The van der Waals surface area contributed by atoms with Gasteiger partial charge in [-0.1, -0.05) is 12.1 Å². The van der Waals surface area contributed by atoms with Crippen molar-refractivity contribution in [1.82, 2.24) is 14.3 Å². The highest BCUT2D eigenvalue weighted by Crippen LogP contribution is 2.34. The summed E-state index contributed by atoms with van der Waals surface area (Å²) in [5.41, 5.74) is 1.06. The van der Waals surface area contributed by atoms with Crippen LogP contribution in [0.2, 0.25) is 0 Å². The van der Waals surface area contributed by atoms with Gasteiger partial charge in [0.15, 0.2) is 0 Å². The summed E-state index contributed by atoms with van der Waals surface area (Å²) in [6.45, 7) is 3.42. The highest BCUT2D eigenvalue weighted by molar-refractivity contribution is 7.89. The molecule has 7 nitrogen and oxygen atoms in total. The zero-order chi connectivity index (χ0) is 20.6. The Bertz CT molecular complexity index is 1090. The monoisotopic (exact) mass is 444 g/mol. The van der Waals surface area contributed by atoms with Crippen LogP contribution in [0.4, 0.5) is 5.82 Å². The van der Waals surface area contributed by atoms with Gasteiger partial charge in [-0.2, -0.15) is 4.31 Å². The molecule has 1 aromatic carbocycles. The predicted octanol–water partition coefficient (Wildman–Crippen LogP) is 3.10. The molecule has 0 amide bonds. The summed E-state index contributed by atoms with van der Waals surface area (Å²) in [6.07, 6.45) is 3.66. The molecule has 2 aliphatic rings. The number of para-hydroxylation sites is 1. The SMILES string of the molecule is O=S(=O)(c1ccc(N2CCC[C@@H](c3nc4ccccc4s3)C2)nc1)N1CCOCC1. The van der Waals surface area contributed by atoms with E-state index in [9.17, 15) is 8.42 Å². The molecule has 0 unspecified atom stereocenters. The number of nitrogens with zero attached hydrogens (tertiary/aromatic N) is 4. The van der Waals surface area contributed by atoms with Crippen LogP contribution in [0.1, 0.15) is 23.8 Å². The molecule has 1 atom stereocenters. The average molecular weight is 445 g/mol. The molecule has 2 fully saturated rings. The normalized spacial score (nSPS) is 21.2. The number of pyridine rings is 1. The van der Waals surface area contributed by atoms with E-state index in [2.05, 4.69) is 22.0 Å². The third-order valence-electron chi connectivity index (χ3n) is 5.73. The Morgan fingerprint density at radius 3 is 2.67 bits per heavy atom. The molecule has 2 aromatic heterocycles. The first-order valence-electron chi connectivity index (χ1n) is 10.3. The second-order valence-corrected chi connectivity index (χ2v) is 10.7. The highest BCUT2D eigenvalue weighted by Gasteiger charge is 2.28. The Kier molecular flexibility index (Phi) is 5.44. The van der Waals surface area contributed by atoms with Gasteiger partial charge in [-0.05, 0) is 37.1 Å². The van der Waals surface area contributed by atoms with E-state index in [1.807, 2.05) is 18.2 Å². The first-order chi connectivity index (χ1) is 14.6. The summed E-state index contributed by atoms with van der Waals surface area (Å²) >= 11 is 1.77. The maximum absolute atomic E-state index is 12.8. The molecule has 2 aliphatic heterocycles. The van der Waals surface area contributed by atoms with Crippen LogP contribution < -0.4 is 4.90 Å². The molecule has 0 saturated carbocycles. The molecular weight excluding hydrogens is 420 g/mol. The van der Waals surface area contributed by atoms with E-state index >= 15 is 0 Å². The van der Waals surface area contributed by atoms with Gasteiger partial charge >= 0.3 is 0 Å². The lowest BCUT2D eigenvalue weighted by Gasteiger charge is -2.32. The number of benzene rings is 1. The van der Waals surface area contributed by atoms with Gasteiger partial charge < -0.3 is 9.64 Å². The molecule has 5 rings (SSSR count). The van der Waals surface area contributed by atoms with Crippen molar-refractivity contribution in [3.8, 4) is 0 Å². The fourth-order valence-electron chi connectivity index (χ4n) is 4.10. The van der Waals surface area contributed by atoms with Crippen molar-refractivity contribution in [2.45, 2.75) is 23.7 Å². The summed E-state index contributed by atoms with van der Waals surface area (Å²) < 4.78 is 33.6. The molecule has 0 radical (unpaired) electrons. The van der Waals surface area contributed by atoms with Gasteiger partial charge in [0, 0.05) is 38.3 Å². The Labute approximate surface area is 180 Å². The molecule has 0 spiro atoms. The van der Waals surface area contributed by atoms with E-state index in [1.165, 1.54) is 20.2 Å². The standard InChI is InChI=1S/C21H24N4O3S2/c26-30(27,25-10-12-28-13-11-25)17-7-8-20(22-14-17)24-9-3-4-16(15-24)21-23-18-5-1-2-6-19(18)29-21/h1-2,5-8,14,16H,3-4,9-13,15H2/t16-/m1/s1. The van der Waals surface area contributed by atoms with Gasteiger partial charge in [-0.25, -0.2) is 18.4 Å². The zero-order valence-corrected chi connectivity index (χ0v) is 18.2. The molecule has 2 saturated heterocycles. The molecule has 0 N–H and O–H groups in total. The summed E-state index contributed by atoms with van der Waals surface area (Å²) in [4.78, 5) is 11.8. The van der Waals surface area contributed by atoms with Crippen molar-refractivity contribution < 1.29 is 13.2 Å². The Balaban J connectivity index is 1.32. The van der Waals surface area contributed by atoms with Gasteiger partial charge in [-0.15, -0.1) is 11.3 Å². The number of anilines is 1. The van der Waals surface area contributed by atoms with Gasteiger partial charge in [-0.3, -0.25) is 0 Å². The number of rotatable bonds is 4. The maximum Gasteiger partial charge on any atom is 0.244 e. The van der Waals surface area contributed by atoms with Crippen molar-refractivity contribution in [2.75, 3.05) is 44.3 Å². The van der Waals surface area contributed by atoms with E-state index in [4.69, 9.17) is 9.72 Å². The number of morpholine rings is 1. The van der Waals surface area contributed by atoms with Gasteiger partial charge in [0.25, 0.3) is 0 Å². The van der Waals surface area contributed by atoms with Crippen LogP contribution in [0.5, 0.6) is 0 Å². The second-order valence-electron chi connectivity index (χ2n) is 7.67. The minimum Gasteiger partial charge on any atom is -0.379 e. The van der Waals surface area contributed by atoms with Crippen LogP contribution in [0.25, 0.3) is 10.2 Å². The van der Waals surface area contributed by atoms with Crippen LogP contribution in [0.15, 0.2) is 47.5 Å². The largest absolute Gasteiger partial charge is 0.379 e. The molecule has 0 bridgehead atoms.